The number of nitrogens with zero attached hydrogens (tertiary/aromatic N) is 2. The van der Waals surface area contributed by atoms with Crippen molar-refractivity contribution >= 4 is 0 Å². The molecule has 0 saturated carbocycles. The molecule has 1 aromatic rings. The average molecular weight is 251 g/mol. The molecule has 0 radical (unpaired) electrons. The molecule has 0 bridgehead atoms. The summed E-state index contributed by atoms with van der Waals surface area (Å²) in [5, 5.41) is 8.18. The van der Waals surface area contributed by atoms with Gasteiger partial charge in [-0.1, -0.05) is 20.8 Å². The zero-order chi connectivity index (χ0) is 13.5. The van der Waals surface area contributed by atoms with Crippen molar-refractivity contribution in [2.75, 3.05) is 6.54 Å². The number of hydrogen-bond acceptors (Lipinski definition) is 2. The van der Waals surface area contributed by atoms with Gasteiger partial charge in [0.05, 0.1) is 5.69 Å². The standard InChI is InChI=1S/C15H29N3/c1-6-9-16-15(7-2)12(4)10-14-11-13(5)17-18(14)8-3/h11-12,15-16H,6-10H2,1-5H3. The van der Waals surface area contributed by atoms with Crippen LogP contribution in [0.5, 0.6) is 0 Å². The molecule has 2 atom stereocenters. The Morgan fingerprint density at radius 1 is 1.33 bits per heavy atom. The van der Waals surface area contributed by atoms with Crippen molar-refractivity contribution in [2.45, 2.75) is 66.5 Å². The third kappa shape index (κ3) is 4.13. The predicted molar refractivity (Wildman–Crippen MR) is 77.9 cm³/mol. The lowest BCUT2D eigenvalue weighted by molar-refractivity contribution is 0.357. The van der Waals surface area contributed by atoms with Crippen molar-refractivity contribution in [3.8, 4) is 0 Å². The van der Waals surface area contributed by atoms with Gasteiger partial charge in [0.2, 0.25) is 0 Å². The summed E-state index contributed by atoms with van der Waals surface area (Å²) in [6.45, 7) is 13.2. The van der Waals surface area contributed by atoms with E-state index in [2.05, 4.69) is 55.8 Å². The van der Waals surface area contributed by atoms with Crippen LogP contribution >= 0.6 is 0 Å². The van der Waals surface area contributed by atoms with Crippen molar-refractivity contribution in [1.82, 2.24) is 15.1 Å². The quantitative estimate of drug-likeness (QED) is 0.769. The van der Waals surface area contributed by atoms with Crippen LogP contribution in [-0.2, 0) is 13.0 Å². The van der Waals surface area contributed by atoms with E-state index in [1.165, 1.54) is 18.5 Å². The Morgan fingerprint density at radius 2 is 2.06 bits per heavy atom. The second-order valence-electron chi connectivity index (χ2n) is 5.24. The normalized spacial score (nSPS) is 14.7. The summed E-state index contributed by atoms with van der Waals surface area (Å²) in [5.41, 5.74) is 2.51. The second-order valence-corrected chi connectivity index (χ2v) is 5.24. The smallest absolute Gasteiger partial charge is 0.0596 e. The highest BCUT2D eigenvalue weighted by Crippen LogP contribution is 2.15. The van der Waals surface area contributed by atoms with Crippen LogP contribution in [0.25, 0.3) is 0 Å². The topological polar surface area (TPSA) is 29.9 Å². The van der Waals surface area contributed by atoms with E-state index in [4.69, 9.17) is 0 Å². The van der Waals surface area contributed by atoms with Crippen LogP contribution in [0.1, 0.15) is 51.9 Å². The van der Waals surface area contributed by atoms with Gasteiger partial charge in [-0.3, -0.25) is 4.68 Å². The Kier molecular flexibility index (Phi) is 6.41. The summed E-state index contributed by atoms with van der Waals surface area (Å²) in [4.78, 5) is 0. The number of aromatic nitrogens is 2. The van der Waals surface area contributed by atoms with E-state index >= 15 is 0 Å². The van der Waals surface area contributed by atoms with Gasteiger partial charge in [0.15, 0.2) is 0 Å². The molecule has 104 valence electrons. The zero-order valence-electron chi connectivity index (χ0n) is 12.7. The highest BCUT2D eigenvalue weighted by atomic mass is 15.3. The van der Waals surface area contributed by atoms with Gasteiger partial charge in [0.1, 0.15) is 0 Å². The average Bonchev–Trinajstić information content (AvgIpc) is 2.70. The van der Waals surface area contributed by atoms with Gasteiger partial charge in [-0.25, -0.2) is 0 Å². The van der Waals surface area contributed by atoms with Crippen LogP contribution in [0.3, 0.4) is 0 Å². The van der Waals surface area contributed by atoms with Gasteiger partial charge in [-0.15, -0.1) is 0 Å². The van der Waals surface area contributed by atoms with Crippen LogP contribution < -0.4 is 5.32 Å². The maximum atomic E-state index is 4.53. The SMILES string of the molecule is CCCNC(CC)C(C)Cc1cc(C)nn1CC. The first kappa shape index (κ1) is 15.2. The van der Waals surface area contributed by atoms with E-state index < -0.39 is 0 Å². The van der Waals surface area contributed by atoms with Gasteiger partial charge < -0.3 is 5.32 Å². The first-order chi connectivity index (χ1) is 8.62. The second kappa shape index (κ2) is 7.57. The van der Waals surface area contributed by atoms with Gasteiger partial charge in [0.25, 0.3) is 0 Å². The summed E-state index contributed by atoms with van der Waals surface area (Å²) < 4.78 is 2.14. The van der Waals surface area contributed by atoms with Gasteiger partial charge >= 0.3 is 0 Å². The molecule has 0 aliphatic rings. The summed E-state index contributed by atoms with van der Waals surface area (Å²) in [7, 11) is 0. The Hall–Kier alpha value is -0.830. The molecule has 0 spiro atoms. The van der Waals surface area contributed by atoms with Crippen molar-refractivity contribution in [1.29, 1.82) is 0 Å². The van der Waals surface area contributed by atoms with Crippen LogP contribution in [0, 0.1) is 12.8 Å². The minimum absolute atomic E-state index is 0.616. The van der Waals surface area contributed by atoms with E-state index in [1.54, 1.807) is 0 Å². The third-order valence-electron chi connectivity index (χ3n) is 3.60. The predicted octanol–water partition coefficient (Wildman–Crippen LogP) is 3.17. The van der Waals surface area contributed by atoms with Crippen molar-refractivity contribution < 1.29 is 0 Å². The molecule has 0 saturated heterocycles. The molecular weight excluding hydrogens is 222 g/mol. The minimum atomic E-state index is 0.616. The number of hydrogen-bond donors (Lipinski definition) is 1. The van der Waals surface area contributed by atoms with E-state index in [0.29, 0.717) is 12.0 Å². The molecule has 1 N–H and O–H groups in total. The van der Waals surface area contributed by atoms with E-state index in [9.17, 15) is 0 Å². The minimum Gasteiger partial charge on any atom is -0.314 e. The summed E-state index contributed by atoms with van der Waals surface area (Å²) in [5.74, 6) is 0.656. The maximum Gasteiger partial charge on any atom is 0.0596 e. The Morgan fingerprint density at radius 3 is 2.61 bits per heavy atom. The molecule has 0 aliphatic carbocycles. The first-order valence-electron chi connectivity index (χ1n) is 7.39. The van der Waals surface area contributed by atoms with E-state index in [0.717, 1.165) is 25.2 Å². The molecule has 3 nitrogen and oxygen atoms in total. The summed E-state index contributed by atoms with van der Waals surface area (Å²) >= 11 is 0. The lowest BCUT2D eigenvalue weighted by Crippen LogP contribution is -2.36. The Labute approximate surface area is 112 Å². The zero-order valence-corrected chi connectivity index (χ0v) is 12.7. The molecule has 3 heteroatoms. The van der Waals surface area contributed by atoms with Crippen molar-refractivity contribution in [2.24, 2.45) is 5.92 Å². The number of nitrogens with one attached hydrogen (secondary N) is 1. The first-order valence-corrected chi connectivity index (χ1v) is 7.39. The maximum absolute atomic E-state index is 4.53. The summed E-state index contributed by atoms with van der Waals surface area (Å²) in [6.07, 6.45) is 3.51. The molecule has 2 unspecified atom stereocenters. The monoisotopic (exact) mass is 251 g/mol. The van der Waals surface area contributed by atoms with Crippen LogP contribution in [0.15, 0.2) is 6.07 Å². The number of rotatable bonds is 8. The molecule has 1 rings (SSSR count). The third-order valence-corrected chi connectivity index (χ3v) is 3.60. The number of aryl methyl sites for hydroxylation is 2. The van der Waals surface area contributed by atoms with Gasteiger partial charge in [-0.05, 0) is 51.6 Å². The highest BCUT2D eigenvalue weighted by molar-refractivity contribution is 5.10. The van der Waals surface area contributed by atoms with Crippen LogP contribution in [0.4, 0.5) is 0 Å². The van der Waals surface area contributed by atoms with Crippen LogP contribution in [-0.4, -0.2) is 22.4 Å². The molecule has 1 heterocycles. The lowest BCUT2D eigenvalue weighted by Gasteiger charge is -2.24. The van der Waals surface area contributed by atoms with Gasteiger partial charge in [-0.2, -0.15) is 5.10 Å². The Bertz CT molecular complexity index is 344. The highest BCUT2D eigenvalue weighted by Gasteiger charge is 2.17. The molecule has 1 aromatic heterocycles. The fraction of sp³-hybridized carbons (Fsp3) is 0.800. The molecular formula is C15H29N3. The van der Waals surface area contributed by atoms with Crippen molar-refractivity contribution in [3.05, 3.63) is 17.5 Å². The van der Waals surface area contributed by atoms with Gasteiger partial charge in [0, 0.05) is 18.3 Å². The fourth-order valence-corrected chi connectivity index (χ4v) is 2.59. The van der Waals surface area contributed by atoms with Crippen LogP contribution in [0.2, 0.25) is 0 Å². The molecule has 18 heavy (non-hydrogen) atoms. The largest absolute Gasteiger partial charge is 0.314 e. The van der Waals surface area contributed by atoms with E-state index in [1.807, 2.05) is 0 Å². The molecule has 0 aromatic carbocycles. The molecule has 0 fully saturated rings. The molecule has 0 amide bonds. The van der Waals surface area contributed by atoms with Crippen molar-refractivity contribution in [3.63, 3.8) is 0 Å². The summed E-state index contributed by atoms with van der Waals surface area (Å²) in [6, 6.07) is 2.84. The van der Waals surface area contributed by atoms with E-state index in [-0.39, 0.29) is 0 Å². The molecule has 0 aliphatic heterocycles. The Balaban J connectivity index is 2.63. The fourth-order valence-electron chi connectivity index (χ4n) is 2.59. The lowest BCUT2D eigenvalue weighted by atomic mass is 9.94.